The Labute approximate surface area is 449 Å². The van der Waals surface area contributed by atoms with Gasteiger partial charge in [0.25, 0.3) is 0 Å². The van der Waals surface area contributed by atoms with Crippen molar-refractivity contribution < 1.29 is 18.9 Å². The van der Waals surface area contributed by atoms with Crippen LogP contribution in [0.25, 0.3) is 0 Å². The molecule has 0 aromatic heterocycles. The fourth-order valence-electron chi connectivity index (χ4n) is 13.0. The van der Waals surface area contributed by atoms with Gasteiger partial charge < -0.3 is 18.9 Å². The highest BCUT2D eigenvalue weighted by Crippen LogP contribution is 2.52. The van der Waals surface area contributed by atoms with E-state index in [0.29, 0.717) is 26.4 Å². The first-order valence-electron chi connectivity index (χ1n) is 27.4. The van der Waals surface area contributed by atoms with Crippen LogP contribution in [0.2, 0.25) is 0 Å². The van der Waals surface area contributed by atoms with E-state index in [1.165, 1.54) is 12.8 Å². The molecule has 2 saturated carbocycles. The summed E-state index contributed by atoms with van der Waals surface area (Å²) in [6, 6.07) is 32.5. The Bertz CT molecular complexity index is 3220. The van der Waals surface area contributed by atoms with E-state index in [1.54, 1.807) is 0 Å². The minimum atomic E-state index is -0.478. The minimum Gasteiger partial charge on any atom is -0.350 e. The standard InChI is InChI=1S/C72H56O4/c1-7-35-71(36-8-1)73-47-67-63-44-60-32-28-56-24-12-20-52(40-56)16-4-6-18-54-22-14-26-58(42-54)30-34-62-46-65-61(45-66(62)70-50-76-72(75-49-69(65)70)37-9-2-10-38-72)33-29-57-25-13-21-53(41-57)17-5-3-15-51-19-11-23-55(39-51)27-31-59(63)43-64(60)68(67)48-74-71/h11-14,19-26,39-46,63-70H,1-2,7-10,35-38,47-50H2/t63-,64-,65-,66-,67?,68?,69?,70?/m1/s1. The van der Waals surface area contributed by atoms with E-state index in [0.717, 1.165) is 118 Å². The van der Waals surface area contributed by atoms with Crippen LogP contribution in [0.4, 0.5) is 0 Å². The molecule has 16 bridgehead atoms. The van der Waals surface area contributed by atoms with Crippen LogP contribution in [0, 0.1) is 142 Å². The van der Waals surface area contributed by atoms with Gasteiger partial charge in [0.1, 0.15) is 0 Å². The Morgan fingerprint density at radius 3 is 0.776 bits per heavy atom. The van der Waals surface area contributed by atoms with Crippen molar-refractivity contribution >= 4 is 0 Å². The molecule has 4 nitrogen and oxygen atoms in total. The zero-order chi connectivity index (χ0) is 50.7. The van der Waals surface area contributed by atoms with Gasteiger partial charge in [-0.25, -0.2) is 0 Å². The van der Waals surface area contributed by atoms with E-state index in [4.69, 9.17) is 18.9 Å². The zero-order valence-electron chi connectivity index (χ0n) is 42.7. The second kappa shape index (κ2) is 21.1. The van der Waals surface area contributed by atoms with Crippen molar-refractivity contribution in [2.45, 2.75) is 75.8 Å². The third kappa shape index (κ3) is 10.2. The lowest BCUT2D eigenvalue weighted by Gasteiger charge is -2.43. The molecule has 8 atom stereocenters. The topological polar surface area (TPSA) is 36.9 Å². The summed E-state index contributed by atoms with van der Waals surface area (Å²) in [5.74, 6) is 54.2. The van der Waals surface area contributed by atoms with Gasteiger partial charge in [0.05, 0.1) is 26.4 Å². The van der Waals surface area contributed by atoms with Gasteiger partial charge in [-0.05, 0) is 146 Å². The third-order valence-electron chi connectivity index (χ3n) is 17.0. The summed E-state index contributed by atoms with van der Waals surface area (Å²) in [6.45, 7) is 2.61. The Balaban J connectivity index is 0.831. The van der Waals surface area contributed by atoms with Gasteiger partial charge in [-0.15, -0.1) is 0 Å². The number of hydrogen-bond acceptors (Lipinski definition) is 4. The molecule has 76 heavy (non-hydrogen) atoms. The molecule has 4 aromatic carbocycles. The molecule has 368 valence electrons. The molecule has 0 radical (unpaired) electrons. The van der Waals surface area contributed by atoms with Crippen molar-refractivity contribution in [3.8, 4) is 94.7 Å². The summed E-state index contributed by atoms with van der Waals surface area (Å²) < 4.78 is 27.0. The lowest BCUT2D eigenvalue weighted by molar-refractivity contribution is -0.244. The lowest BCUT2D eigenvalue weighted by atomic mass is 9.60. The predicted octanol–water partition coefficient (Wildman–Crippen LogP) is 11.7. The molecular formula is C72H56O4. The number of benzene rings is 4. The van der Waals surface area contributed by atoms with Crippen LogP contribution >= 0.6 is 0 Å². The van der Waals surface area contributed by atoms with E-state index >= 15 is 0 Å². The van der Waals surface area contributed by atoms with Crippen molar-refractivity contribution in [1.29, 1.82) is 0 Å². The normalized spacial score (nSPS) is 27.6. The summed E-state index contributed by atoms with van der Waals surface area (Å²) in [5.41, 5.74) is 11.6. The zero-order valence-corrected chi connectivity index (χ0v) is 42.7. The molecule has 4 unspecified atom stereocenters. The maximum atomic E-state index is 6.76. The van der Waals surface area contributed by atoms with E-state index < -0.39 is 11.6 Å². The second-order valence-electron chi connectivity index (χ2n) is 21.8. The second-order valence-corrected chi connectivity index (χ2v) is 21.8. The monoisotopic (exact) mass is 984 g/mol. The third-order valence-corrected chi connectivity index (χ3v) is 17.0. The molecule has 2 saturated heterocycles. The number of rotatable bonds is 0. The maximum Gasteiger partial charge on any atom is 0.168 e. The molecule has 2 heterocycles. The van der Waals surface area contributed by atoms with Crippen LogP contribution in [-0.2, 0) is 18.9 Å². The molecule has 4 aromatic rings. The number of allylic oxidation sites excluding steroid dienone is 8. The summed E-state index contributed by atoms with van der Waals surface area (Å²) in [5, 5.41) is 0. The van der Waals surface area contributed by atoms with Gasteiger partial charge in [0.2, 0.25) is 0 Å². The van der Waals surface area contributed by atoms with E-state index in [-0.39, 0.29) is 47.3 Å². The predicted molar refractivity (Wildman–Crippen MR) is 296 cm³/mol. The summed E-state index contributed by atoms with van der Waals surface area (Å²) in [6.07, 6.45) is 20.3. The Kier molecular flexibility index (Phi) is 13.3. The highest BCUT2D eigenvalue weighted by molar-refractivity contribution is 5.58. The lowest BCUT2D eigenvalue weighted by Crippen LogP contribution is -2.41. The van der Waals surface area contributed by atoms with Crippen molar-refractivity contribution in [1.82, 2.24) is 0 Å². The first-order chi connectivity index (χ1) is 37.5. The molecule has 4 heteroatoms. The highest BCUT2D eigenvalue weighted by Gasteiger charge is 2.51. The molecule has 11 aliphatic rings. The summed E-state index contributed by atoms with van der Waals surface area (Å²) in [7, 11) is 0. The Morgan fingerprint density at radius 1 is 0.289 bits per heavy atom. The van der Waals surface area contributed by atoms with Crippen LogP contribution in [0.3, 0.4) is 0 Å². The van der Waals surface area contributed by atoms with Crippen LogP contribution in [-0.4, -0.2) is 38.0 Å². The molecule has 0 N–H and O–H groups in total. The molecule has 0 amide bonds. The van der Waals surface area contributed by atoms with Crippen LogP contribution in [0.5, 0.6) is 0 Å². The van der Waals surface area contributed by atoms with Gasteiger partial charge >= 0.3 is 0 Å². The van der Waals surface area contributed by atoms with Gasteiger partial charge in [0.15, 0.2) is 11.6 Å². The van der Waals surface area contributed by atoms with Gasteiger partial charge in [-0.1, -0.05) is 132 Å². The number of ether oxygens (including phenoxy) is 4. The molecule has 4 fully saturated rings. The van der Waals surface area contributed by atoms with Gasteiger partial charge in [-0.2, -0.15) is 0 Å². The first kappa shape index (κ1) is 47.8. The summed E-state index contributed by atoms with van der Waals surface area (Å²) >= 11 is 0. The number of hydrogen-bond donors (Lipinski definition) is 0. The van der Waals surface area contributed by atoms with Crippen molar-refractivity contribution in [2.75, 3.05) is 26.4 Å². The van der Waals surface area contributed by atoms with E-state index in [1.807, 2.05) is 97.1 Å². The number of fused-ring (bicyclic) bond motifs is 8. The first-order valence-corrected chi connectivity index (χ1v) is 27.4. The molecular weight excluding hydrogens is 929 g/mol. The average molecular weight is 985 g/mol. The van der Waals surface area contributed by atoms with E-state index in [9.17, 15) is 0 Å². The molecule has 9 aliphatic carbocycles. The SMILES string of the molecule is C1#Cc2cccc(c2)C#CC2=C[C@@H]3C(=C[C@H]2C2COC4(CCCCC4)OCC23)C#Cc2cccc(c2)C#CC#Cc2cccc(c2)C#CC2=C[C@@H]3C(=C[C@H]2C2COC4(CCCCC4)OCC23)C#Cc2cccc(c2)C#C1. The van der Waals surface area contributed by atoms with Crippen molar-refractivity contribution in [3.63, 3.8) is 0 Å². The van der Waals surface area contributed by atoms with Gasteiger partial charge in [-0.3, -0.25) is 0 Å². The Morgan fingerprint density at radius 2 is 0.526 bits per heavy atom. The summed E-state index contributed by atoms with van der Waals surface area (Å²) in [4.78, 5) is 0. The van der Waals surface area contributed by atoms with Crippen LogP contribution < -0.4 is 0 Å². The van der Waals surface area contributed by atoms with Crippen molar-refractivity contribution in [2.24, 2.45) is 47.3 Å². The van der Waals surface area contributed by atoms with Crippen LogP contribution in [0.1, 0.15) is 109 Å². The minimum absolute atomic E-state index is 0.0745. The fourth-order valence-corrected chi connectivity index (χ4v) is 13.0. The maximum absolute atomic E-state index is 6.76. The smallest absolute Gasteiger partial charge is 0.168 e. The van der Waals surface area contributed by atoms with Crippen LogP contribution in [0.15, 0.2) is 144 Å². The average Bonchev–Trinajstić information content (AvgIpc) is 3.81. The molecule has 2 aliphatic heterocycles. The van der Waals surface area contributed by atoms with E-state index in [2.05, 4.69) is 119 Å². The highest BCUT2D eigenvalue weighted by atomic mass is 16.7. The van der Waals surface area contributed by atoms with Crippen molar-refractivity contribution in [3.05, 3.63) is 188 Å². The molecule has 15 rings (SSSR count). The quantitative estimate of drug-likeness (QED) is 0.165. The fraction of sp³-hybridized carbons (Fsp3) is 0.333. The molecule has 2 spiro atoms. The Hall–Kier alpha value is -7.84. The largest absolute Gasteiger partial charge is 0.350 e. The van der Waals surface area contributed by atoms with Gasteiger partial charge in [0, 0.05) is 116 Å².